The topological polar surface area (TPSA) is 99.2 Å². The van der Waals surface area contributed by atoms with Gasteiger partial charge < -0.3 is 10.4 Å². The van der Waals surface area contributed by atoms with Crippen LogP contribution in [0.1, 0.15) is 24.8 Å². The van der Waals surface area contributed by atoms with Crippen molar-refractivity contribution in [2.45, 2.75) is 25.4 Å². The summed E-state index contributed by atoms with van der Waals surface area (Å²) in [5, 5.41) is 32.6. The minimum Gasteiger partial charge on any atom is -0.393 e. The fraction of sp³-hybridized carbons (Fsp3) is 0.462. The Kier molecular flexibility index (Phi) is 3.97. The van der Waals surface area contributed by atoms with Crippen molar-refractivity contribution in [3.8, 4) is 6.07 Å². The average molecular weight is 261 g/mol. The predicted octanol–water partition coefficient (Wildman–Crippen LogP) is 2.04. The Morgan fingerprint density at radius 1 is 1.53 bits per heavy atom. The number of nitro groups is 1. The Hall–Kier alpha value is -2.13. The number of anilines is 1. The molecule has 0 spiro atoms. The third kappa shape index (κ3) is 2.83. The van der Waals surface area contributed by atoms with Crippen molar-refractivity contribution in [1.82, 2.24) is 0 Å². The van der Waals surface area contributed by atoms with Gasteiger partial charge >= 0.3 is 5.69 Å². The van der Waals surface area contributed by atoms with Gasteiger partial charge in [-0.25, -0.2) is 0 Å². The summed E-state index contributed by atoms with van der Waals surface area (Å²) in [6, 6.07) is 6.44. The summed E-state index contributed by atoms with van der Waals surface area (Å²) >= 11 is 0. The van der Waals surface area contributed by atoms with Crippen molar-refractivity contribution in [3.05, 3.63) is 33.9 Å². The van der Waals surface area contributed by atoms with E-state index in [0.29, 0.717) is 12.2 Å². The number of nitrogens with zero attached hydrogens (tertiary/aromatic N) is 2. The quantitative estimate of drug-likeness (QED) is 0.638. The number of nitro benzene ring substituents is 1. The van der Waals surface area contributed by atoms with E-state index in [0.717, 1.165) is 19.3 Å². The molecule has 0 amide bonds. The van der Waals surface area contributed by atoms with Crippen molar-refractivity contribution in [2.75, 3.05) is 11.9 Å². The normalized spacial score (nSPS) is 21.9. The molecule has 1 aliphatic rings. The number of hydrogen-bond acceptors (Lipinski definition) is 5. The maximum atomic E-state index is 11.0. The molecule has 0 aliphatic heterocycles. The second-order valence-electron chi connectivity index (χ2n) is 4.71. The zero-order valence-corrected chi connectivity index (χ0v) is 10.4. The van der Waals surface area contributed by atoms with Crippen LogP contribution in [0, 0.1) is 27.4 Å². The summed E-state index contributed by atoms with van der Waals surface area (Å²) in [6.45, 7) is 0.483. The fourth-order valence-corrected chi connectivity index (χ4v) is 2.47. The number of nitrogens with one attached hydrogen (secondary N) is 1. The van der Waals surface area contributed by atoms with Crippen molar-refractivity contribution >= 4 is 11.4 Å². The van der Waals surface area contributed by atoms with Gasteiger partial charge in [0.25, 0.3) is 0 Å². The lowest BCUT2D eigenvalue weighted by Gasteiger charge is -2.16. The van der Waals surface area contributed by atoms with Gasteiger partial charge in [0.2, 0.25) is 0 Å². The van der Waals surface area contributed by atoms with Gasteiger partial charge in [-0.1, -0.05) is 12.5 Å². The van der Waals surface area contributed by atoms with E-state index in [1.807, 2.05) is 6.07 Å². The van der Waals surface area contributed by atoms with E-state index >= 15 is 0 Å². The number of hydrogen-bond donors (Lipinski definition) is 2. The van der Waals surface area contributed by atoms with Gasteiger partial charge in [-0.2, -0.15) is 5.26 Å². The molecule has 0 bridgehead atoms. The van der Waals surface area contributed by atoms with Crippen molar-refractivity contribution in [1.29, 1.82) is 5.26 Å². The summed E-state index contributed by atoms with van der Waals surface area (Å²) in [5.74, 6) is 0.116. The summed E-state index contributed by atoms with van der Waals surface area (Å²) in [4.78, 5) is 10.5. The Bertz CT molecular complexity index is 524. The highest BCUT2D eigenvalue weighted by Crippen LogP contribution is 2.30. The molecule has 100 valence electrons. The molecule has 2 unspecified atom stereocenters. The third-order valence-electron chi connectivity index (χ3n) is 3.51. The second kappa shape index (κ2) is 5.67. The molecule has 1 aromatic rings. The van der Waals surface area contributed by atoms with Crippen molar-refractivity contribution in [2.24, 2.45) is 5.92 Å². The molecule has 0 heterocycles. The number of aliphatic hydroxyl groups excluding tert-OH is 1. The number of para-hydroxylation sites is 1. The van der Waals surface area contributed by atoms with E-state index in [4.69, 9.17) is 5.26 Å². The summed E-state index contributed by atoms with van der Waals surface area (Å²) in [6.07, 6.45) is 2.34. The highest BCUT2D eigenvalue weighted by atomic mass is 16.6. The molecule has 2 rings (SSSR count). The Labute approximate surface area is 110 Å². The Morgan fingerprint density at radius 3 is 2.89 bits per heavy atom. The highest BCUT2D eigenvalue weighted by Gasteiger charge is 2.26. The first-order valence-corrected chi connectivity index (χ1v) is 6.23. The molecule has 1 fully saturated rings. The maximum Gasteiger partial charge on any atom is 0.309 e. The van der Waals surface area contributed by atoms with Crippen LogP contribution in [-0.2, 0) is 0 Å². The van der Waals surface area contributed by atoms with E-state index in [-0.39, 0.29) is 23.3 Å². The van der Waals surface area contributed by atoms with Gasteiger partial charge in [-0.3, -0.25) is 10.1 Å². The predicted molar refractivity (Wildman–Crippen MR) is 69.6 cm³/mol. The van der Waals surface area contributed by atoms with Crippen LogP contribution in [0.25, 0.3) is 0 Å². The lowest BCUT2D eigenvalue weighted by molar-refractivity contribution is -0.384. The van der Waals surface area contributed by atoms with Crippen LogP contribution < -0.4 is 5.32 Å². The third-order valence-corrected chi connectivity index (χ3v) is 3.51. The lowest BCUT2D eigenvalue weighted by atomic mass is 10.1. The lowest BCUT2D eigenvalue weighted by Crippen LogP contribution is -2.22. The number of nitriles is 1. The molecule has 0 radical (unpaired) electrons. The first-order valence-electron chi connectivity index (χ1n) is 6.23. The molecule has 2 atom stereocenters. The van der Waals surface area contributed by atoms with E-state index in [9.17, 15) is 15.2 Å². The molecular formula is C13H15N3O3. The Morgan fingerprint density at radius 2 is 2.32 bits per heavy atom. The summed E-state index contributed by atoms with van der Waals surface area (Å²) in [5.41, 5.74) is 0.183. The van der Waals surface area contributed by atoms with Gasteiger partial charge in [0, 0.05) is 12.5 Å². The van der Waals surface area contributed by atoms with Crippen LogP contribution in [0.15, 0.2) is 18.2 Å². The first-order chi connectivity index (χ1) is 9.13. The molecule has 1 saturated carbocycles. The highest BCUT2D eigenvalue weighted by molar-refractivity contribution is 5.68. The van der Waals surface area contributed by atoms with Crippen LogP contribution in [0.3, 0.4) is 0 Å². The molecular weight excluding hydrogens is 246 g/mol. The van der Waals surface area contributed by atoms with Gasteiger partial charge in [0.1, 0.15) is 17.3 Å². The molecule has 6 nitrogen and oxygen atoms in total. The number of rotatable bonds is 4. The Balaban J connectivity index is 2.16. The van der Waals surface area contributed by atoms with Gasteiger partial charge in [-0.15, -0.1) is 0 Å². The van der Waals surface area contributed by atoms with E-state index in [2.05, 4.69) is 5.32 Å². The second-order valence-corrected chi connectivity index (χ2v) is 4.71. The largest absolute Gasteiger partial charge is 0.393 e. The maximum absolute atomic E-state index is 11.0. The standard InChI is InChI=1S/C13H15N3O3/c14-7-9-3-1-5-11(13(9)16(18)19)15-8-10-4-2-6-12(10)17/h1,3,5,10,12,15,17H,2,4,6,8H2. The van der Waals surface area contributed by atoms with E-state index in [1.165, 1.54) is 6.07 Å². The molecule has 19 heavy (non-hydrogen) atoms. The van der Waals surface area contributed by atoms with Crippen molar-refractivity contribution < 1.29 is 10.0 Å². The van der Waals surface area contributed by atoms with E-state index in [1.54, 1.807) is 12.1 Å². The molecule has 2 N–H and O–H groups in total. The van der Waals surface area contributed by atoms with Crippen LogP contribution in [0.2, 0.25) is 0 Å². The molecule has 0 saturated heterocycles. The minimum atomic E-state index is -0.550. The van der Waals surface area contributed by atoms with E-state index < -0.39 is 4.92 Å². The average Bonchev–Trinajstić information content (AvgIpc) is 2.81. The number of aliphatic hydroxyl groups is 1. The van der Waals surface area contributed by atoms with Crippen LogP contribution in [0.4, 0.5) is 11.4 Å². The molecule has 1 aliphatic carbocycles. The molecule has 0 aromatic heterocycles. The first kappa shape index (κ1) is 13.3. The molecule has 6 heteroatoms. The fourth-order valence-electron chi connectivity index (χ4n) is 2.47. The van der Waals surface area contributed by atoms with Crippen LogP contribution in [0.5, 0.6) is 0 Å². The van der Waals surface area contributed by atoms with Gasteiger partial charge in [0.05, 0.1) is 11.0 Å². The summed E-state index contributed by atoms with van der Waals surface area (Å²) in [7, 11) is 0. The molecule has 1 aromatic carbocycles. The summed E-state index contributed by atoms with van der Waals surface area (Å²) < 4.78 is 0. The zero-order chi connectivity index (χ0) is 13.8. The zero-order valence-electron chi connectivity index (χ0n) is 10.4. The van der Waals surface area contributed by atoms with Crippen LogP contribution >= 0.6 is 0 Å². The van der Waals surface area contributed by atoms with Crippen LogP contribution in [-0.4, -0.2) is 22.7 Å². The number of benzene rings is 1. The van der Waals surface area contributed by atoms with Gasteiger partial charge in [-0.05, 0) is 25.0 Å². The van der Waals surface area contributed by atoms with Gasteiger partial charge in [0.15, 0.2) is 0 Å². The SMILES string of the molecule is N#Cc1cccc(NCC2CCCC2O)c1[N+](=O)[O-]. The smallest absolute Gasteiger partial charge is 0.309 e. The minimum absolute atomic E-state index is 0.0435. The monoisotopic (exact) mass is 261 g/mol. The van der Waals surface area contributed by atoms with Crippen molar-refractivity contribution in [3.63, 3.8) is 0 Å².